The van der Waals surface area contributed by atoms with E-state index in [0.29, 0.717) is 12.0 Å². The van der Waals surface area contributed by atoms with Crippen molar-refractivity contribution in [2.75, 3.05) is 46.8 Å². The van der Waals surface area contributed by atoms with Gasteiger partial charge in [-0.15, -0.1) is 0 Å². The third-order valence-electron chi connectivity index (χ3n) is 5.55. The Morgan fingerprint density at radius 3 is 2.72 bits per heavy atom. The highest BCUT2D eigenvalue weighted by molar-refractivity contribution is 5.74. The molecule has 0 spiro atoms. The van der Waals surface area contributed by atoms with Crippen molar-refractivity contribution in [1.82, 2.24) is 20.4 Å². The van der Waals surface area contributed by atoms with E-state index in [4.69, 9.17) is 0 Å². The number of benzene rings is 1. The predicted molar refractivity (Wildman–Crippen MR) is 102 cm³/mol. The Bertz CT molecular complexity index is 567. The number of aryl methyl sites for hydroxylation is 1. The zero-order valence-corrected chi connectivity index (χ0v) is 15.6. The van der Waals surface area contributed by atoms with Crippen LogP contribution in [0, 0.1) is 0 Å². The van der Waals surface area contributed by atoms with E-state index in [0.717, 1.165) is 58.4 Å². The molecule has 1 aliphatic heterocycles. The van der Waals surface area contributed by atoms with Crippen LogP contribution in [0.25, 0.3) is 0 Å². The number of piperidine rings is 1. The average molecular weight is 345 g/mol. The molecule has 3 rings (SSSR count). The molecule has 138 valence electrons. The first-order valence-electron chi connectivity index (χ1n) is 9.61. The van der Waals surface area contributed by atoms with Crippen LogP contribution >= 0.6 is 0 Å². The van der Waals surface area contributed by atoms with Gasteiger partial charge in [0.1, 0.15) is 0 Å². The molecule has 1 atom stereocenters. The van der Waals surface area contributed by atoms with E-state index in [2.05, 4.69) is 58.8 Å². The smallest absolute Gasteiger partial charge is 0.315 e. The predicted octanol–water partition coefficient (Wildman–Crippen LogP) is 2.04. The molecule has 1 heterocycles. The summed E-state index contributed by atoms with van der Waals surface area (Å²) < 4.78 is 0. The second-order valence-corrected chi connectivity index (χ2v) is 7.71. The Kier molecular flexibility index (Phi) is 6.32. The number of likely N-dealkylation sites (tertiary alicyclic amines) is 1. The van der Waals surface area contributed by atoms with Crippen LogP contribution in [0.4, 0.5) is 4.79 Å². The Balaban J connectivity index is 1.35. The summed E-state index contributed by atoms with van der Waals surface area (Å²) in [6, 6.07) is 8.92. The van der Waals surface area contributed by atoms with Gasteiger partial charge in [0.15, 0.2) is 0 Å². The molecule has 0 saturated carbocycles. The fraction of sp³-hybridized carbons (Fsp3) is 0.650. The lowest BCUT2D eigenvalue weighted by molar-refractivity contribution is 0.180. The van der Waals surface area contributed by atoms with Crippen molar-refractivity contribution in [3.63, 3.8) is 0 Å². The zero-order chi connectivity index (χ0) is 17.6. The molecule has 5 heteroatoms. The van der Waals surface area contributed by atoms with Gasteiger partial charge in [-0.3, -0.25) is 0 Å². The number of likely N-dealkylation sites (N-methyl/N-ethyl adjacent to an activating group) is 1. The SMILES string of the molecule is CN(C)CCN1CCC(NC(=O)NCC2CCc3ccccc32)CC1. The standard InChI is InChI=1S/C20H32N4O/c1-23(2)13-14-24-11-9-18(10-12-24)22-20(25)21-15-17-8-7-16-5-3-4-6-19(16)17/h3-6,17-18H,7-15H2,1-2H3,(H2,21,22,25). The van der Waals surface area contributed by atoms with Crippen molar-refractivity contribution in [3.8, 4) is 0 Å². The molecule has 0 bridgehead atoms. The number of fused-ring (bicyclic) bond motifs is 1. The summed E-state index contributed by atoms with van der Waals surface area (Å²) in [5.74, 6) is 0.467. The molecule has 2 N–H and O–H groups in total. The third kappa shape index (κ3) is 5.19. The number of nitrogens with one attached hydrogen (secondary N) is 2. The summed E-state index contributed by atoms with van der Waals surface area (Å²) >= 11 is 0. The summed E-state index contributed by atoms with van der Waals surface area (Å²) in [5, 5.41) is 6.26. The van der Waals surface area contributed by atoms with E-state index in [-0.39, 0.29) is 6.03 Å². The lowest BCUT2D eigenvalue weighted by Gasteiger charge is -2.33. The van der Waals surface area contributed by atoms with Crippen molar-refractivity contribution in [1.29, 1.82) is 0 Å². The number of amides is 2. The fourth-order valence-electron chi connectivity index (χ4n) is 3.95. The highest BCUT2D eigenvalue weighted by atomic mass is 16.2. The fourth-order valence-corrected chi connectivity index (χ4v) is 3.95. The van der Waals surface area contributed by atoms with Crippen LogP contribution in [0.5, 0.6) is 0 Å². The highest BCUT2D eigenvalue weighted by Gasteiger charge is 2.24. The zero-order valence-electron chi connectivity index (χ0n) is 15.6. The molecular weight excluding hydrogens is 312 g/mol. The van der Waals surface area contributed by atoms with E-state index >= 15 is 0 Å². The lowest BCUT2D eigenvalue weighted by atomic mass is 10.0. The first kappa shape index (κ1) is 18.2. The Morgan fingerprint density at radius 1 is 1.20 bits per heavy atom. The van der Waals surface area contributed by atoms with Gasteiger partial charge in [0.05, 0.1) is 0 Å². The number of hydrogen-bond acceptors (Lipinski definition) is 3. The molecule has 1 saturated heterocycles. The quantitative estimate of drug-likeness (QED) is 0.830. The molecule has 0 radical (unpaired) electrons. The van der Waals surface area contributed by atoms with Crippen LogP contribution in [0.1, 0.15) is 36.3 Å². The van der Waals surface area contributed by atoms with Gasteiger partial charge < -0.3 is 20.4 Å². The third-order valence-corrected chi connectivity index (χ3v) is 5.55. The molecule has 1 fully saturated rings. The molecule has 2 amide bonds. The molecule has 25 heavy (non-hydrogen) atoms. The van der Waals surface area contributed by atoms with Crippen molar-refractivity contribution >= 4 is 6.03 Å². The Labute approximate surface area is 151 Å². The maximum Gasteiger partial charge on any atom is 0.315 e. The number of carbonyl (C=O) groups is 1. The van der Waals surface area contributed by atoms with Crippen LogP contribution in [0.15, 0.2) is 24.3 Å². The summed E-state index contributed by atoms with van der Waals surface area (Å²) in [7, 11) is 4.22. The van der Waals surface area contributed by atoms with E-state index in [1.807, 2.05) is 0 Å². The number of urea groups is 1. The van der Waals surface area contributed by atoms with Gasteiger partial charge in [-0.1, -0.05) is 24.3 Å². The summed E-state index contributed by atoms with van der Waals surface area (Å²) in [5.41, 5.74) is 2.86. The van der Waals surface area contributed by atoms with Crippen LogP contribution in [0.2, 0.25) is 0 Å². The molecule has 0 aromatic heterocycles. The monoisotopic (exact) mass is 344 g/mol. The average Bonchev–Trinajstić information content (AvgIpc) is 3.02. The minimum Gasteiger partial charge on any atom is -0.338 e. The molecule has 1 aliphatic carbocycles. The Hall–Kier alpha value is -1.59. The first-order chi connectivity index (χ1) is 12.1. The summed E-state index contributed by atoms with van der Waals surface area (Å²) in [4.78, 5) is 16.9. The van der Waals surface area contributed by atoms with Crippen LogP contribution in [-0.4, -0.2) is 68.7 Å². The molecule has 5 nitrogen and oxygen atoms in total. The number of carbonyl (C=O) groups excluding carboxylic acids is 1. The normalized spacial score (nSPS) is 21.3. The van der Waals surface area contributed by atoms with Crippen LogP contribution in [-0.2, 0) is 6.42 Å². The molecule has 1 aromatic rings. The first-order valence-corrected chi connectivity index (χ1v) is 9.61. The van der Waals surface area contributed by atoms with Crippen molar-refractivity contribution < 1.29 is 4.79 Å². The van der Waals surface area contributed by atoms with Crippen molar-refractivity contribution in [2.24, 2.45) is 0 Å². The van der Waals surface area contributed by atoms with E-state index in [1.54, 1.807) is 0 Å². The number of rotatable bonds is 6. The van der Waals surface area contributed by atoms with Crippen LogP contribution < -0.4 is 10.6 Å². The molecule has 1 unspecified atom stereocenters. The molecule has 1 aromatic carbocycles. The molecule has 2 aliphatic rings. The highest BCUT2D eigenvalue weighted by Crippen LogP contribution is 2.32. The minimum absolute atomic E-state index is 0.00359. The van der Waals surface area contributed by atoms with Crippen LogP contribution in [0.3, 0.4) is 0 Å². The van der Waals surface area contributed by atoms with Gasteiger partial charge in [0.25, 0.3) is 0 Å². The number of hydrogen-bond donors (Lipinski definition) is 2. The van der Waals surface area contributed by atoms with Gasteiger partial charge in [0, 0.05) is 44.7 Å². The second-order valence-electron chi connectivity index (χ2n) is 7.71. The maximum absolute atomic E-state index is 12.2. The molecular formula is C20H32N4O. The van der Waals surface area contributed by atoms with Crippen molar-refractivity contribution in [3.05, 3.63) is 35.4 Å². The van der Waals surface area contributed by atoms with Gasteiger partial charge >= 0.3 is 6.03 Å². The topological polar surface area (TPSA) is 47.6 Å². The van der Waals surface area contributed by atoms with Gasteiger partial charge in [-0.05, 0) is 50.9 Å². The number of nitrogens with zero attached hydrogens (tertiary/aromatic N) is 2. The summed E-state index contributed by atoms with van der Waals surface area (Å²) in [6.45, 7) is 5.11. The van der Waals surface area contributed by atoms with E-state index in [1.165, 1.54) is 11.1 Å². The summed E-state index contributed by atoms with van der Waals surface area (Å²) in [6.07, 6.45) is 4.37. The second kappa shape index (κ2) is 8.68. The Morgan fingerprint density at radius 2 is 1.96 bits per heavy atom. The van der Waals surface area contributed by atoms with E-state index in [9.17, 15) is 4.79 Å². The maximum atomic E-state index is 12.2. The minimum atomic E-state index is -0.00359. The van der Waals surface area contributed by atoms with Gasteiger partial charge in [0.2, 0.25) is 0 Å². The lowest BCUT2D eigenvalue weighted by Crippen LogP contribution is -2.49. The van der Waals surface area contributed by atoms with Crippen molar-refractivity contribution in [2.45, 2.75) is 37.6 Å². The van der Waals surface area contributed by atoms with E-state index < -0.39 is 0 Å². The van der Waals surface area contributed by atoms with Gasteiger partial charge in [-0.2, -0.15) is 0 Å². The van der Waals surface area contributed by atoms with Gasteiger partial charge in [-0.25, -0.2) is 4.79 Å². The largest absolute Gasteiger partial charge is 0.338 e.